The van der Waals surface area contributed by atoms with Crippen LogP contribution in [-0.4, -0.2) is 31.0 Å². The highest BCUT2D eigenvalue weighted by Crippen LogP contribution is 2.22. The van der Waals surface area contributed by atoms with E-state index in [1.807, 2.05) is 20.8 Å². The Bertz CT molecular complexity index is 889. The third-order valence-electron chi connectivity index (χ3n) is 3.90. The number of alkyl halides is 2. The van der Waals surface area contributed by atoms with Gasteiger partial charge in [0.25, 0.3) is 11.8 Å². The van der Waals surface area contributed by atoms with E-state index in [-0.39, 0.29) is 22.3 Å². The van der Waals surface area contributed by atoms with Crippen LogP contribution in [0.4, 0.5) is 8.78 Å². The molecule has 0 atom stereocenters. The van der Waals surface area contributed by atoms with Crippen LogP contribution in [0.25, 0.3) is 0 Å². The first kappa shape index (κ1) is 22.0. The molecule has 2 aromatic carbocycles. The molecule has 0 aromatic heterocycles. The number of hydrogen-bond acceptors (Lipinski definition) is 5. The van der Waals surface area contributed by atoms with E-state index in [0.717, 1.165) is 11.6 Å². The molecule has 0 unspecified atom stereocenters. The standard InChI is InChI=1S/C21H21F2NO5/c1-21(2,3)15-9-7-13(8-10-15)18(26)24-17(25)12-28-19(27)14-5-4-6-16(11-14)29-20(22)23/h4-11,20H,12H2,1-3H3,(H,24,25,26). The van der Waals surface area contributed by atoms with Crippen LogP contribution in [0.2, 0.25) is 0 Å². The Hall–Kier alpha value is -3.29. The second-order valence-corrected chi connectivity index (χ2v) is 7.19. The van der Waals surface area contributed by atoms with E-state index < -0.39 is 31.0 Å². The van der Waals surface area contributed by atoms with Crippen LogP contribution in [0.3, 0.4) is 0 Å². The molecule has 0 aliphatic heterocycles. The van der Waals surface area contributed by atoms with Crippen molar-refractivity contribution in [2.75, 3.05) is 6.61 Å². The minimum absolute atomic E-state index is 0.0694. The van der Waals surface area contributed by atoms with Crippen molar-refractivity contribution >= 4 is 17.8 Å². The highest BCUT2D eigenvalue weighted by molar-refractivity contribution is 6.05. The molecule has 0 aliphatic carbocycles. The number of esters is 1. The summed E-state index contributed by atoms with van der Waals surface area (Å²) in [5, 5.41) is 2.12. The molecular formula is C21H21F2NO5. The van der Waals surface area contributed by atoms with Crippen LogP contribution < -0.4 is 10.1 Å². The molecule has 29 heavy (non-hydrogen) atoms. The predicted molar refractivity (Wildman–Crippen MR) is 101 cm³/mol. The van der Waals surface area contributed by atoms with Crippen molar-refractivity contribution in [3.63, 3.8) is 0 Å². The van der Waals surface area contributed by atoms with Gasteiger partial charge in [-0.2, -0.15) is 8.78 Å². The Morgan fingerprint density at radius 3 is 2.24 bits per heavy atom. The van der Waals surface area contributed by atoms with E-state index in [9.17, 15) is 23.2 Å². The smallest absolute Gasteiger partial charge is 0.387 e. The fourth-order valence-corrected chi connectivity index (χ4v) is 2.37. The van der Waals surface area contributed by atoms with Crippen molar-refractivity contribution < 1.29 is 32.6 Å². The van der Waals surface area contributed by atoms with E-state index in [1.54, 1.807) is 24.3 Å². The van der Waals surface area contributed by atoms with Gasteiger partial charge in [0.05, 0.1) is 5.56 Å². The average molecular weight is 405 g/mol. The van der Waals surface area contributed by atoms with Gasteiger partial charge in [0.1, 0.15) is 5.75 Å². The van der Waals surface area contributed by atoms with Crippen LogP contribution in [0.1, 0.15) is 47.1 Å². The average Bonchev–Trinajstić information content (AvgIpc) is 2.65. The summed E-state index contributed by atoms with van der Waals surface area (Å²) >= 11 is 0. The third kappa shape index (κ3) is 6.67. The number of amides is 2. The van der Waals surface area contributed by atoms with Gasteiger partial charge in [-0.3, -0.25) is 14.9 Å². The van der Waals surface area contributed by atoms with Crippen LogP contribution in [0.5, 0.6) is 5.75 Å². The van der Waals surface area contributed by atoms with Crippen LogP contribution in [0.15, 0.2) is 48.5 Å². The first-order chi connectivity index (χ1) is 13.6. The van der Waals surface area contributed by atoms with Gasteiger partial charge in [-0.25, -0.2) is 4.79 Å². The zero-order valence-corrected chi connectivity index (χ0v) is 16.2. The van der Waals surface area contributed by atoms with Gasteiger partial charge >= 0.3 is 12.6 Å². The summed E-state index contributed by atoms with van der Waals surface area (Å²) in [6.07, 6.45) is 0. The van der Waals surface area contributed by atoms with Gasteiger partial charge in [0.2, 0.25) is 0 Å². The molecule has 0 saturated carbocycles. The zero-order chi connectivity index (χ0) is 21.6. The molecule has 0 heterocycles. The molecule has 154 valence electrons. The quantitative estimate of drug-likeness (QED) is 0.741. The maximum absolute atomic E-state index is 12.2. The SMILES string of the molecule is CC(C)(C)c1ccc(C(=O)NC(=O)COC(=O)c2cccc(OC(F)F)c2)cc1. The second-order valence-electron chi connectivity index (χ2n) is 7.19. The number of ether oxygens (including phenoxy) is 2. The molecule has 0 saturated heterocycles. The normalized spacial score (nSPS) is 11.1. The number of carbonyl (C=O) groups is 3. The summed E-state index contributed by atoms with van der Waals surface area (Å²) < 4.78 is 33.5. The number of rotatable bonds is 6. The molecule has 0 fully saturated rings. The van der Waals surface area contributed by atoms with Gasteiger partial charge in [-0.1, -0.05) is 39.0 Å². The lowest BCUT2D eigenvalue weighted by Crippen LogP contribution is -2.34. The van der Waals surface area contributed by atoms with E-state index in [2.05, 4.69) is 10.1 Å². The number of halogens is 2. The van der Waals surface area contributed by atoms with E-state index in [1.165, 1.54) is 18.2 Å². The minimum atomic E-state index is -3.03. The lowest BCUT2D eigenvalue weighted by molar-refractivity contribution is -0.123. The summed E-state index contributed by atoms with van der Waals surface area (Å²) in [6, 6.07) is 11.8. The Balaban J connectivity index is 1.89. The topological polar surface area (TPSA) is 81.7 Å². The van der Waals surface area contributed by atoms with Gasteiger partial charge in [-0.15, -0.1) is 0 Å². The molecule has 1 N–H and O–H groups in total. The fraction of sp³-hybridized carbons (Fsp3) is 0.286. The number of nitrogens with one attached hydrogen (secondary N) is 1. The van der Waals surface area contributed by atoms with Gasteiger partial charge in [0, 0.05) is 5.56 Å². The summed E-state index contributed by atoms with van der Waals surface area (Å²) in [5.74, 6) is -2.57. The number of hydrogen-bond donors (Lipinski definition) is 1. The van der Waals surface area contributed by atoms with Crippen molar-refractivity contribution in [1.29, 1.82) is 0 Å². The van der Waals surface area contributed by atoms with Crippen LogP contribution in [0, 0.1) is 0 Å². The molecule has 0 aliphatic rings. The van der Waals surface area contributed by atoms with E-state index >= 15 is 0 Å². The molecule has 0 radical (unpaired) electrons. The predicted octanol–water partition coefficient (Wildman–Crippen LogP) is 3.70. The summed E-state index contributed by atoms with van der Waals surface area (Å²) in [7, 11) is 0. The highest BCUT2D eigenvalue weighted by atomic mass is 19.3. The van der Waals surface area contributed by atoms with Gasteiger partial charge in [0.15, 0.2) is 6.61 Å². The van der Waals surface area contributed by atoms with Crippen LogP contribution in [-0.2, 0) is 14.9 Å². The van der Waals surface area contributed by atoms with Gasteiger partial charge < -0.3 is 9.47 Å². The maximum Gasteiger partial charge on any atom is 0.387 e. The van der Waals surface area contributed by atoms with Crippen molar-refractivity contribution in [3.8, 4) is 5.75 Å². The lowest BCUT2D eigenvalue weighted by atomic mass is 9.87. The molecule has 2 amide bonds. The highest BCUT2D eigenvalue weighted by Gasteiger charge is 2.17. The molecule has 8 heteroatoms. The third-order valence-corrected chi connectivity index (χ3v) is 3.90. The summed E-state index contributed by atoms with van der Waals surface area (Å²) in [5.41, 5.74) is 1.18. The van der Waals surface area contributed by atoms with Gasteiger partial charge in [-0.05, 0) is 41.3 Å². The maximum atomic E-state index is 12.2. The summed E-state index contributed by atoms with van der Waals surface area (Å²) in [6.45, 7) is 2.38. The lowest BCUT2D eigenvalue weighted by Gasteiger charge is -2.19. The monoisotopic (exact) mass is 405 g/mol. The molecule has 6 nitrogen and oxygen atoms in total. The fourth-order valence-electron chi connectivity index (χ4n) is 2.37. The number of benzene rings is 2. The van der Waals surface area contributed by atoms with Crippen molar-refractivity contribution in [1.82, 2.24) is 5.32 Å². The van der Waals surface area contributed by atoms with Crippen molar-refractivity contribution in [3.05, 3.63) is 65.2 Å². The molecule has 2 aromatic rings. The summed E-state index contributed by atoms with van der Waals surface area (Å²) in [4.78, 5) is 35.9. The van der Waals surface area contributed by atoms with E-state index in [0.29, 0.717) is 0 Å². The van der Waals surface area contributed by atoms with E-state index in [4.69, 9.17) is 4.74 Å². The van der Waals surface area contributed by atoms with Crippen LogP contribution >= 0.6 is 0 Å². The first-order valence-electron chi connectivity index (χ1n) is 8.73. The first-order valence-corrected chi connectivity index (χ1v) is 8.73. The Morgan fingerprint density at radius 2 is 1.66 bits per heavy atom. The Labute approximate surface area is 166 Å². The second kappa shape index (κ2) is 9.27. The molecule has 2 rings (SSSR count). The minimum Gasteiger partial charge on any atom is -0.452 e. The largest absolute Gasteiger partial charge is 0.452 e. The number of imide groups is 1. The molecule has 0 bridgehead atoms. The van der Waals surface area contributed by atoms with Crippen molar-refractivity contribution in [2.24, 2.45) is 0 Å². The Kier molecular flexibility index (Phi) is 7.03. The Morgan fingerprint density at radius 1 is 1.00 bits per heavy atom. The van der Waals surface area contributed by atoms with Crippen molar-refractivity contribution in [2.45, 2.75) is 32.8 Å². The number of carbonyl (C=O) groups excluding carboxylic acids is 3. The molecule has 0 spiro atoms. The zero-order valence-electron chi connectivity index (χ0n) is 16.2. The molecular weight excluding hydrogens is 384 g/mol.